The molecule has 3 aliphatic rings. The highest BCUT2D eigenvalue weighted by Crippen LogP contribution is 2.49. The minimum atomic E-state index is -0.916. The van der Waals surface area contributed by atoms with Gasteiger partial charge in [-0.3, -0.25) is 14.9 Å². The third-order valence-corrected chi connectivity index (χ3v) is 5.17. The average molecular weight is 313 g/mol. The smallest absolute Gasteiger partial charge is 0.322 e. The second kappa shape index (κ2) is 4.81. The van der Waals surface area contributed by atoms with Crippen LogP contribution in [0.5, 0.6) is 0 Å². The summed E-state index contributed by atoms with van der Waals surface area (Å²) in [5, 5.41) is 4.95. The van der Waals surface area contributed by atoms with Crippen molar-refractivity contribution in [3.8, 4) is 0 Å². The molecular formula is C17H19N3O3. The van der Waals surface area contributed by atoms with Crippen LogP contribution in [0, 0.1) is 12.8 Å². The molecule has 3 fully saturated rings. The van der Waals surface area contributed by atoms with Crippen LogP contribution in [-0.4, -0.2) is 41.4 Å². The van der Waals surface area contributed by atoms with E-state index >= 15 is 0 Å². The van der Waals surface area contributed by atoms with Gasteiger partial charge in [-0.25, -0.2) is 4.79 Å². The van der Waals surface area contributed by atoms with Crippen molar-refractivity contribution in [3.05, 3.63) is 35.4 Å². The quantitative estimate of drug-likeness (QED) is 0.797. The molecule has 1 aromatic carbocycles. The molecule has 6 nitrogen and oxygen atoms in total. The number of benzene rings is 1. The largest absolute Gasteiger partial charge is 0.339 e. The highest BCUT2D eigenvalue weighted by molar-refractivity contribution is 6.07. The molecule has 1 saturated carbocycles. The van der Waals surface area contributed by atoms with Crippen LogP contribution in [0.4, 0.5) is 4.79 Å². The molecule has 1 aliphatic carbocycles. The van der Waals surface area contributed by atoms with Crippen LogP contribution in [0.3, 0.4) is 0 Å². The first-order chi connectivity index (χ1) is 11.0. The van der Waals surface area contributed by atoms with Gasteiger partial charge in [-0.2, -0.15) is 0 Å². The summed E-state index contributed by atoms with van der Waals surface area (Å²) in [6.45, 7) is 2.85. The van der Waals surface area contributed by atoms with Gasteiger partial charge in [0.15, 0.2) is 0 Å². The number of urea groups is 1. The fraction of sp³-hybridized carbons (Fsp3) is 0.471. The van der Waals surface area contributed by atoms with Crippen molar-refractivity contribution in [1.29, 1.82) is 0 Å². The molecule has 0 bridgehead atoms. The molecular weight excluding hydrogens is 294 g/mol. The zero-order valence-corrected chi connectivity index (χ0v) is 13.0. The van der Waals surface area contributed by atoms with Crippen LogP contribution in [0.15, 0.2) is 24.3 Å². The maximum Gasteiger partial charge on any atom is 0.322 e. The summed E-state index contributed by atoms with van der Waals surface area (Å²) in [6, 6.07) is 7.81. The zero-order chi connectivity index (χ0) is 16.2. The minimum absolute atomic E-state index is 0.00659. The first-order valence-electron chi connectivity index (χ1n) is 7.97. The number of likely N-dealkylation sites (tertiary alicyclic amines) is 1. The number of carbonyl (C=O) groups excluding carboxylic acids is 3. The van der Waals surface area contributed by atoms with E-state index in [0.29, 0.717) is 13.0 Å². The molecule has 2 aliphatic heterocycles. The number of rotatable bonds is 2. The number of hydrogen-bond acceptors (Lipinski definition) is 3. The van der Waals surface area contributed by atoms with Crippen LogP contribution in [-0.2, 0) is 9.59 Å². The van der Waals surface area contributed by atoms with Gasteiger partial charge < -0.3 is 10.2 Å². The standard InChI is InChI=1S/C17H19N3O3/c1-10-3-2-4-11(7-10)12-8-13(12)14(21)20-6-5-17(9-20)15(22)18-16(23)19-17/h2-4,7,12-13H,5-6,8-9H2,1H3,(H2,18,19,22,23)/t12-,13+,17-/m0/s1. The Balaban J connectivity index is 1.44. The number of carbonyl (C=O) groups is 3. The Kier molecular flexibility index (Phi) is 2.98. The Morgan fingerprint density at radius 3 is 2.87 bits per heavy atom. The predicted octanol–water partition coefficient (Wildman–Crippen LogP) is 0.909. The zero-order valence-electron chi connectivity index (χ0n) is 13.0. The van der Waals surface area contributed by atoms with E-state index in [-0.39, 0.29) is 30.2 Å². The molecule has 4 rings (SSSR count). The van der Waals surface area contributed by atoms with E-state index in [1.165, 1.54) is 11.1 Å². The molecule has 4 amide bonds. The molecule has 2 saturated heterocycles. The Morgan fingerprint density at radius 1 is 1.35 bits per heavy atom. The van der Waals surface area contributed by atoms with E-state index in [2.05, 4.69) is 22.8 Å². The van der Waals surface area contributed by atoms with Gasteiger partial charge in [0.25, 0.3) is 5.91 Å². The van der Waals surface area contributed by atoms with Gasteiger partial charge in [0, 0.05) is 12.5 Å². The van der Waals surface area contributed by atoms with E-state index < -0.39 is 11.6 Å². The third-order valence-electron chi connectivity index (χ3n) is 5.17. The fourth-order valence-corrected chi connectivity index (χ4v) is 3.78. The van der Waals surface area contributed by atoms with Crippen molar-refractivity contribution >= 4 is 17.8 Å². The number of hydrogen-bond donors (Lipinski definition) is 2. The molecule has 23 heavy (non-hydrogen) atoms. The topological polar surface area (TPSA) is 78.5 Å². The van der Waals surface area contributed by atoms with Gasteiger partial charge in [-0.15, -0.1) is 0 Å². The Hall–Kier alpha value is -2.37. The maximum absolute atomic E-state index is 12.7. The third kappa shape index (κ3) is 2.29. The molecule has 2 N–H and O–H groups in total. The van der Waals surface area contributed by atoms with Crippen LogP contribution in [0.25, 0.3) is 0 Å². The fourth-order valence-electron chi connectivity index (χ4n) is 3.78. The van der Waals surface area contributed by atoms with E-state index in [1.807, 2.05) is 19.1 Å². The normalized spacial score (nSPS) is 32.1. The Morgan fingerprint density at radius 2 is 2.17 bits per heavy atom. The lowest BCUT2D eigenvalue weighted by Gasteiger charge is -2.21. The van der Waals surface area contributed by atoms with E-state index in [9.17, 15) is 14.4 Å². The lowest BCUT2D eigenvalue weighted by atomic mass is 9.99. The molecule has 6 heteroatoms. The predicted molar refractivity (Wildman–Crippen MR) is 82.6 cm³/mol. The summed E-state index contributed by atoms with van der Waals surface area (Å²) >= 11 is 0. The van der Waals surface area contributed by atoms with Crippen molar-refractivity contribution in [2.75, 3.05) is 13.1 Å². The molecule has 0 unspecified atom stereocenters. The minimum Gasteiger partial charge on any atom is -0.339 e. The molecule has 120 valence electrons. The monoisotopic (exact) mass is 313 g/mol. The van der Waals surface area contributed by atoms with Crippen molar-refractivity contribution in [1.82, 2.24) is 15.5 Å². The maximum atomic E-state index is 12.7. The van der Waals surface area contributed by atoms with Gasteiger partial charge in [0.05, 0.1) is 6.54 Å². The van der Waals surface area contributed by atoms with Crippen molar-refractivity contribution in [2.24, 2.45) is 5.92 Å². The van der Waals surface area contributed by atoms with Gasteiger partial charge >= 0.3 is 6.03 Å². The Bertz CT molecular complexity index is 717. The number of nitrogens with one attached hydrogen (secondary N) is 2. The Labute approximate surface area is 134 Å². The number of amides is 4. The summed E-state index contributed by atoms with van der Waals surface area (Å²) < 4.78 is 0. The first kappa shape index (κ1) is 14.2. The molecule has 2 heterocycles. The SMILES string of the molecule is Cc1cccc([C@@H]2C[C@H]2C(=O)N2CC[C@@]3(C2)NC(=O)NC3=O)c1. The van der Waals surface area contributed by atoms with E-state index in [1.54, 1.807) is 4.90 Å². The summed E-state index contributed by atoms with van der Waals surface area (Å²) in [6.07, 6.45) is 1.35. The highest BCUT2D eigenvalue weighted by Gasteiger charge is 2.54. The van der Waals surface area contributed by atoms with Crippen LogP contribution in [0.1, 0.15) is 29.9 Å². The van der Waals surface area contributed by atoms with Gasteiger partial charge in [-0.05, 0) is 31.2 Å². The van der Waals surface area contributed by atoms with Gasteiger partial charge in [-0.1, -0.05) is 29.8 Å². The summed E-state index contributed by atoms with van der Waals surface area (Å²) in [4.78, 5) is 37.7. The van der Waals surface area contributed by atoms with Crippen molar-refractivity contribution in [2.45, 2.75) is 31.2 Å². The van der Waals surface area contributed by atoms with Crippen LogP contribution < -0.4 is 10.6 Å². The highest BCUT2D eigenvalue weighted by atomic mass is 16.2. The first-order valence-corrected chi connectivity index (χ1v) is 7.97. The van der Waals surface area contributed by atoms with Crippen molar-refractivity contribution in [3.63, 3.8) is 0 Å². The lowest BCUT2D eigenvalue weighted by Crippen LogP contribution is -2.49. The van der Waals surface area contributed by atoms with Crippen LogP contribution in [0.2, 0.25) is 0 Å². The second-order valence-electron chi connectivity index (χ2n) is 6.86. The van der Waals surface area contributed by atoms with E-state index in [0.717, 1.165) is 6.42 Å². The second-order valence-corrected chi connectivity index (χ2v) is 6.86. The average Bonchev–Trinajstić information content (AvgIpc) is 3.12. The molecule has 1 spiro atoms. The number of aryl methyl sites for hydroxylation is 1. The van der Waals surface area contributed by atoms with Gasteiger partial charge in [0.1, 0.15) is 5.54 Å². The number of imide groups is 1. The lowest BCUT2D eigenvalue weighted by molar-refractivity contribution is -0.132. The van der Waals surface area contributed by atoms with Crippen molar-refractivity contribution < 1.29 is 14.4 Å². The summed E-state index contributed by atoms with van der Waals surface area (Å²) in [5.41, 5.74) is 1.50. The van der Waals surface area contributed by atoms with E-state index in [4.69, 9.17) is 0 Å². The number of nitrogens with zero attached hydrogens (tertiary/aromatic N) is 1. The molecule has 0 aromatic heterocycles. The molecule has 1 aromatic rings. The molecule has 0 radical (unpaired) electrons. The summed E-state index contributed by atoms with van der Waals surface area (Å²) in [7, 11) is 0. The molecule has 3 atom stereocenters. The van der Waals surface area contributed by atoms with Crippen LogP contribution >= 0.6 is 0 Å². The summed E-state index contributed by atoms with van der Waals surface area (Å²) in [5.74, 6) is 0.0734. The van der Waals surface area contributed by atoms with Gasteiger partial charge in [0.2, 0.25) is 5.91 Å².